The maximum Gasteiger partial charge on any atom is 0.231 e. The van der Waals surface area contributed by atoms with Crippen molar-refractivity contribution in [2.75, 3.05) is 32.5 Å². The van der Waals surface area contributed by atoms with Gasteiger partial charge in [0.05, 0.1) is 29.1 Å². The number of Topliss-reactive ketones (excluding diaryl/α,β-unsaturated/α-hetero) is 1. The molecule has 0 bridgehead atoms. The number of phenols is 4. The normalized spacial score (nSPS) is 12.7. The van der Waals surface area contributed by atoms with Crippen molar-refractivity contribution in [3.05, 3.63) is 133 Å². The topological polar surface area (TPSA) is 279 Å². The van der Waals surface area contributed by atoms with Gasteiger partial charge in [0.15, 0.2) is 74.8 Å². The fraction of sp³-hybridized carbons (Fsp3) is 0.102. The number of fused-ring (bicyclic) bond motifs is 4. The number of hydrogen-bond acceptors (Lipinski definition) is 16. The summed E-state index contributed by atoms with van der Waals surface area (Å²) >= 11 is 3.11. The van der Waals surface area contributed by atoms with Gasteiger partial charge in [-0.05, 0) is 109 Å². The lowest BCUT2D eigenvalue weighted by molar-refractivity contribution is 0.102. The highest BCUT2D eigenvalue weighted by Crippen LogP contribution is 2.39. The van der Waals surface area contributed by atoms with Crippen LogP contribution in [0.3, 0.4) is 0 Å². The molecule has 0 fully saturated rings. The largest absolute Gasteiger partial charge is 0.504 e. The van der Waals surface area contributed by atoms with Gasteiger partial charge >= 0.3 is 0 Å². The highest BCUT2D eigenvalue weighted by Gasteiger charge is 2.19. The zero-order chi connectivity index (χ0) is 48.0. The summed E-state index contributed by atoms with van der Waals surface area (Å²) in [5, 5.41) is 45.1. The van der Waals surface area contributed by atoms with Gasteiger partial charge in [0.25, 0.3) is 0 Å². The number of imidazole rings is 2. The average Bonchev–Trinajstić information content (AvgIpc) is 4.23. The molecule has 6 heterocycles. The van der Waals surface area contributed by atoms with Crippen molar-refractivity contribution in [2.24, 2.45) is 5.73 Å². The first-order valence-electron chi connectivity index (χ1n) is 20.7. The summed E-state index contributed by atoms with van der Waals surface area (Å²) in [7, 11) is 0. The van der Waals surface area contributed by atoms with Crippen molar-refractivity contribution >= 4 is 27.5 Å². The fourth-order valence-corrected chi connectivity index (χ4v) is 7.23. The lowest BCUT2D eigenvalue weighted by Crippen LogP contribution is -2.10. The molecule has 6 aromatic carbocycles. The number of aromatic nitrogens is 4. The van der Waals surface area contributed by atoms with Crippen molar-refractivity contribution in [2.45, 2.75) is 0 Å². The number of phenolic OH excluding ortho intramolecular Hbond substituents is 4. The Labute approximate surface area is 399 Å². The van der Waals surface area contributed by atoms with Crippen LogP contribution in [0.2, 0.25) is 0 Å². The number of benzene rings is 6. The molecule has 2 aromatic heterocycles. The SMILES string of the molecule is N=C(N)c1ccc2c(c1)OCO2.O=C(CBr)c1ccc2c(c1)OCO2.Oc1ccc(-c2cnc(-c3ccc(O)c(O)c3)[nH]2)cc1O.c1cc2c(cc1-c1cnc(-c3ccc4c(c3)OCO4)[nH]1)OCO2. The molecule has 0 atom stereocenters. The molecule has 8 aromatic rings. The van der Waals surface area contributed by atoms with E-state index in [0.29, 0.717) is 62.1 Å². The number of ketones is 1. The van der Waals surface area contributed by atoms with Crippen LogP contribution >= 0.6 is 15.9 Å². The molecule has 20 heteroatoms. The van der Waals surface area contributed by atoms with E-state index in [-0.39, 0.29) is 61.8 Å². The third-order valence-corrected chi connectivity index (χ3v) is 11.0. The van der Waals surface area contributed by atoms with E-state index in [2.05, 4.69) is 35.9 Å². The van der Waals surface area contributed by atoms with Gasteiger partial charge in [-0.1, -0.05) is 15.9 Å². The summed E-state index contributed by atoms with van der Waals surface area (Å²) in [5.41, 5.74) is 11.4. The van der Waals surface area contributed by atoms with Crippen molar-refractivity contribution in [1.29, 1.82) is 5.41 Å². The molecular weight excluding hydrogens is 960 g/mol. The zero-order valence-corrected chi connectivity index (χ0v) is 37.5. The quantitative estimate of drug-likeness (QED) is 0.0244. The van der Waals surface area contributed by atoms with Crippen LogP contribution in [0, 0.1) is 5.41 Å². The van der Waals surface area contributed by atoms with Gasteiger partial charge in [-0.15, -0.1) is 0 Å². The van der Waals surface area contributed by atoms with E-state index in [4.69, 9.17) is 49.0 Å². The van der Waals surface area contributed by atoms with Crippen molar-refractivity contribution in [3.63, 3.8) is 0 Å². The number of carbonyl (C=O) groups is 1. The molecule has 12 rings (SSSR count). The second-order valence-corrected chi connectivity index (χ2v) is 15.5. The van der Waals surface area contributed by atoms with Gasteiger partial charge in [-0.25, -0.2) is 9.97 Å². The molecule has 4 aliphatic rings. The van der Waals surface area contributed by atoms with Gasteiger partial charge in [0.2, 0.25) is 27.2 Å². The molecule has 4 aliphatic heterocycles. The molecule has 19 nitrogen and oxygen atoms in total. The lowest BCUT2D eigenvalue weighted by atomic mass is 10.1. The number of nitrogen functional groups attached to an aromatic ring is 1. The molecule has 350 valence electrons. The third-order valence-electron chi connectivity index (χ3n) is 10.5. The maximum atomic E-state index is 11.3. The van der Waals surface area contributed by atoms with E-state index in [1.165, 1.54) is 24.3 Å². The minimum atomic E-state index is -0.229. The number of hydrogen-bond donors (Lipinski definition) is 8. The summed E-state index contributed by atoms with van der Waals surface area (Å²) in [6.07, 6.45) is 3.38. The van der Waals surface area contributed by atoms with Crippen LogP contribution in [0.25, 0.3) is 45.3 Å². The monoisotopic (exact) mass is 998 g/mol. The van der Waals surface area contributed by atoms with E-state index in [9.17, 15) is 25.2 Å². The summed E-state index contributed by atoms with van der Waals surface area (Å²) < 4.78 is 42.0. The molecule has 0 amide bonds. The Morgan fingerprint density at radius 2 is 0.855 bits per heavy atom. The van der Waals surface area contributed by atoms with Crippen LogP contribution in [-0.2, 0) is 0 Å². The Kier molecular flexibility index (Phi) is 13.0. The number of H-pyrrole nitrogens is 2. The Morgan fingerprint density at radius 1 is 0.493 bits per heavy atom. The zero-order valence-electron chi connectivity index (χ0n) is 35.9. The third kappa shape index (κ3) is 10.2. The molecular formula is C49H39BrN6O13. The number of alkyl halides is 1. The van der Waals surface area contributed by atoms with Crippen molar-refractivity contribution in [1.82, 2.24) is 19.9 Å². The smallest absolute Gasteiger partial charge is 0.231 e. The van der Waals surface area contributed by atoms with E-state index in [1.807, 2.05) is 36.4 Å². The Bertz CT molecular complexity index is 3070. The van der Waals surface area contributed by atoms with Gasteiger partial charge in [0, 0.05) is 33.4 Å². The number of nitrogens with two attached hydrogens (primary N) is 1. The number of aromatic hydroxyl groups is 4. The van der Waals surface area contributed by atoms with E-state index in [0.717, 1.165) is 45.6 Å². The van der Waals surface area contributed by atoms with Crippen molar-refractivity contribution < 1.29 is 63.1 Å². The molecule has 9 N–H and O–H groups in total. The van der Waals surface area contributed by atoms with Crippen molar-refractivity contribution in [3.8, 4) is 114 Å². The first-order chi connectivity index (χ1) is 33.5. The summed E-state index contributed by atoms with van der Waals surface area (Å²) in [6, 6.07) is 30.8. The average molecular weight is 1000 g/mol. The lowest BCUT2D eigenvalue weighted by Gasteiger charge is -2.02. The van der Waals surface area contributed by atoms with Crippen LogP contribution in [0.4, 0.5) is 0 Å². The maximum absolute atomic E-state index is 11.3. The first-order valence-corrected chi connectivity index (χ1v) is 21.8. The van der Waals surface area contributed by atoms with Crippen LogP contribution in [-0.4, -0.2) is 84.5 Å². The molecule has 0 spiro atoms. The second-order valence-electron chi connectivity index (χ2n) is 14.9. The van der Waals surface area contributed by atoms with Gasteiger partial charge < -0.3 is 74.0 Å². The highest BCUT2D eigenvalue weighted by molar-refractivity contribution is 9.09. The minimum Gasteiger partial charge on any atom is -0.504 e. The van der Waals surface area contributed by atoms with Crippen LogP contribution in [0.1, 0.15) is 15.9 Å². The van der Waals surface area contributed by atoms with Gasteiger partial charge in [-0.2, -0.15) is 0 Å². The van der Waals surface area contributed by atoms with Gasteiger partial charge in [0.1, 0.15) is 17.5 Å². The summed E-state index contributed by atoms with van der Waals surface area (Å²) in [6.45, 7) is 1.02. The Morgan fingerprint density at radius 3 is 1.35 bits per heavy atom. The standard InChI is InChI=1S/C17H12N2O4.C15H12N2O4.C9H7BrO3.C8H8N2O2/c1-3-13-15(22-8-20-13)5-10(1)12-7-18-17(19-12)11-2-4-14-16(6-11)23-9-21-14;18-11-3-1-8(5-13(11)20)10-7-16-15(17-10)9-2-4-12(19)14(21)6-9;10-4-7(11)6-1-2-8-9(3-6)13-5-12-8;9-8(10)5-1-2-6-7(3-5)12-4-11-6/h1-7H,8-9H2,(H,18,19);1-7,18-21H,(H,16,17);1-3H,4-5H2;1-3H,4H2,(H3,9,10). The number of carbonyl (C=O) groups excluding carboxylic acids is 1. The number of aromatic amines is 2. The first kappa shape index (κ1) is 45.1. The van der Waals surface area contributed by atoms with Crippen LogP contribution in [0.15, 0.2) is 122 Å². The molecule has 0 saturated heterocycles. The fourth-order valence-electron chi connectivity index (χ4n) is 6.91. The minimum absolute atomic E-state index is 0.0355. The van der Waals surface area contributed by atoms with E-state index < -0.39 is 0 Å². The van der Waals surface area contributed by atoms with Crippen LogP contribution < -0.4 is 43.6 Å². The van der Waals surface area contributed by atoms with E-state index in [1.54, 1.807) is 60.9 Å². The Hall–Kier alpha value is -9.04. The molecule has 0 radical (unpaired) electrons. The highest BCUT2D eigenvalue weighted by atomic mass is 79.9. The summed E-state index contributed by atoms with van der Waals surface area (Å²) in [5.74, 6) is 6.25. The Balaban J connectivity index is 0.000000119. The number of halogens is 1. The number of rotatable bonds is 7. The van der Waals surface area contributed by atoms with Gasteiger partial charge in [-0.3, -0.25) is 10.2 Å². The number of nitrogens with one attached hydrogen (secondary N) is 3. The predicted octanol–water partition coefficient (Wildman–Crippen LogP) is 8.46. The number of ether oxygens (including phenoxy) is 8. The second kappa shape index (κ2) is 19.8. The molecule has 69 heavy (non-hydrogen) atoms. The molecule has 0 saturated carbocycles. The number of nitrogens with zero attached hydrogens (tertiary/aromatic N) is 2. The summed E-state index contributed by atoms with van der Waals surface area (Å²) in [4.78, 5) is 26.3. The number of amidine groups is 1. The van der Waals surface area contributed by atoms with Crippen LogP contribution in [0.5, 0.6) is 69.0 Å². The predicted molar refractivity (Wildman–Crippen MR) is 252 cm³/mol. The molecule has 0 aliphatic carbocycles. The molecule has 0 unspecified atom stereocenters. The van der Waals surface area contributed by atoms with E-state index >= 15 is 0 Å².